The second-order valence-electron chi connectivity index (χ2n) is 10.4. The summed E-state index contributed by atoms with van der Waals surface area (Å²) in [6.07, 6.45) is 0. The number of quaternary nitrogens is 1. The van der Waals surface area contributed by atoms with Crippen LogP contribution in [0.3, 0.4) is 0 Å². The number of para-hydroxylation sites is 1. The van der Waals surface area contributed by atoms with Crippen molar-refractivity contribution >= 4 is 5.69 Å². The van der Waals surface area contributed by atoms with Crippen molar-refractivity contribution in [3.8, 4) is 11.3 Å². The van der Waals surface area contributed by atoms with Gasteiger partial charge in [-0.05, 0) is 55.9 Å². The lowest BCUT2D eigenvalue weighted by Gasteiger charge is -2.22. The van der Waals surface area contributed by atoms with Gasteiger partial charge in [-0.2, -0.15) is 0 Å². The molecule has 1 unspecified atom stereocenters. The molecule has 35 heavy (non-hydrogen) atoms. The normalized spacial score (nSPS) is 12.4. The Morgan fingerprint density at radius 1 is 0.657 bits per heavy atom. The van der Waals surface area contributed by atoms with Crippen molar-refractivity contribution in [1.29, 1.82) is 0 Å². The van der Waals surface area contributed by atoms with Crippen molar-refractivity contribution in [2.75, 3.05) is 0 Å². The Morgan fingerprint density at radius 2 is 1.23 bits per heavy atom. The second kappa shape index (κ2) is 10.6. The Kier molecular flexibility index (Phi) is 7.52. The molecule has 0 aliphatic heterocycles. The maximum Gasteiger partial charge on any atom is 0.159 e. The zero-order valence-electron chi connectivity index (χ0n) is 22.3. The van der Waals surface area contributed by atoms with Crippen molar-refractivity contribution in [3.63, 3.8) is 0 Å². The van der Waals surface area contributed by atoms with Gasteiger partial charge in [-0.3, -0.25) is 0 Å². The Bertz CT molecular complexity index is 1250. The highest BCUT2D eigenvalue weighted by atomic mass is 15.0. The van der Waals surface area contributed by atoms with E-state index in [4.69, 9.17) is 4.98 Å². The minimum absolute atomic E-state index is 0.0691. The number of hydrogen-bond donors (Lipinski definition) is 1. The Balaban J connectivity index is 1.87. The third-order valence-corrected chi connectivity index (χ3v) is 6.93. The van der Waals surface area contributed by atoms with E-state index in [2.05, 4.69) is 133 Å². The van der Waals surface area contributed by atoms with Crippen molar-refractivity contribution in [3.05, 3.63) is 118 Å². The topological polar surface area (TPSA) is 29.5 Å². The molecule has 4 aromatic rings. The molecule has 0 spiro atoms. The van der Waals surface area contributed by atoms with Crippen LogP contribution in [0.4, 0.5) is 5.69 Å². The maximum atomic E-state index is 5.29. The van der Waals surface area contributed by atoms with Crippen LogP contribution >= 0.6 is 0 Å². The molecule has 4 rings (SSSR count). The third-order valence-electron chi connectivity index (χ3n) is 6.93. The number of hydrogen-bond acceptors (Lipinski definition) is 1. The molecule has 2 heteroatoms. The van der Waals surface area contributed by atoms with Crippen LogP contribution in [0.25, 0.3) is 11.3 Å². The van der Waals surface area contributed by atoms with E-state index in [1.54, 1.807) is 0 Å². The van der Waals surface area contributed by atoms with Crippen LogP contribution in [0, 0.1) is 20.8 Å². The summed E-state index contributed by atoms with van der Waals surface area (Å²) in [5.74, 6) is 0.905. The summed E-state index contributed by atoms with van der Waals surface area (Å²) >= 11 is 0. The molecule has 1 heterocycles. The van der Waals surface area contributed by atoms with E-state index in [-0.39, 0.29) is 6.04 Å². The van der Waals surface area contributed by atoms with Crippen LogP contribution in [-0.2, 0) is 0 Å². The average Bonchev–Trinajstić information content (AvgIpc) is 2.82. The summed E-state index contributed by atoms with van der Waals surface area (Å²) in [6, 6.07) is 28.7. The predicted octanol–water partition coefficient (Wildman–Crippen LogP) is 7.91. The molecule has 0 bridgehead atoms. The number of aromatic nitrogens is 1. The fourth-order valence-corrected chi connectivity index (χ4v) is 5.33. The molecule has 180 valence electrons. The van der Waals surface area contributed by atoms with Gasteiger partial charge in [0.15, 0.2) is 6.04 Å². The van der Waals surface area contributed by atoms with E-state index in [1.807, 2.05) is 0 Å². The van der Waals surface area contributed by atoms with E-state index in [0.717, 1.165) is 11.4 Å². The van der Waals surface area contributed by atoms with Gasteiger partial charge in [0.05, 0.1) is 5.69 Å². The van der Waals surface area contributed by atoms with Gasteiger partial charge in [0.25, 0.3) is 0 Å². The Hall–Kier alpha value is -3.23. The fraction of sp³-hybridized carbons (Fsp3) is 0.303. The first-order valence-electron chi connectivity index (χ1n) is 12.8. The molecule has 0 saturated carbocycles. The van der Waals surface area contributed by atoms with Crippen molar-refractivity contribution in [2.45, 2.75) is 66.3 Å². The van der Waals surface area contributed by atoms with Crippen molar-refractivity contribution < 1.29 is 5.32 Å². The zero-order chi connectivity index (χ0) is 25.1. The Morgan fingerprint density at radius 3 is 1.80 bits per heavy atom. The van der Waals surface area contributed by atoms with E-state index in [1.165, 1.54) is 44.6 Å². The number of nitrogens with two attached hydrogens (primary N) is 1. The van der Waals surface area contributed by atoms with Gasteiger partial charge in [-0.15, -0.1) is 0 Å². The first-order chi connectivity index (χ1) is 16.8. The molecule has 1 aromatic heterocycles. The van der Waals surface area contributed by atoms with Gasteiger partial charge >= 0.3 is 0 Å². The lowest BCUT2D eigenvalue weighted by Crippen LogP contribution is -2.80. The molecular formula is C33H39N2+. The van der Waals surface area contributed by atoms with Crippen LogP contribution in [0.1, 0.15) is 84.6 Å². The molecule has 0 amide bonds. The number of aryl methyl sites for hydroxylation is 3. The SMILES string of the molecule is Cc1cc(C)c(-c2cccc(C([NH2+]c3c(C(C)C)cccc3C(C)C)c3ccccc3)n2)c(C)c1. The monoisotopic (exact) mass is 463 g/mol. The molecule has 0 fully saturated rings. The highest BCUT2D eigenvalue weighted by Gasteiger charge is 2.26. The van der Waals surface area contributed by atoms with Gasteiger partial charge < -0.3 is 5.32 Å². The summed E-state index contributed by atoms with van der Waals surface area (Å²) < 4.78 is 0. The van der Waals surface area contributed by atoms with Crippen LogP contribution in [-0.4, -0.2) is 4.98 Å². The number of pyridine rings is 1. The maximum absolute atomic E-state index is 5.29. The standard InChI is InChI=1S/C33H38N2/c1-21(2)27-15-11-16-28(22(3)4)33(27)35-32(26-13-9-8-10-14-26)30-18-12-17-29(34-30)31-24(6)19-23(5)20-25(31)7/h8-22,32,35H,1-7H3/p+1. The van der Waals surface area contributed by atoms with Gasteiger partial charge in [0, 0.05) is 22.3 Å². The van der Waals surface area contributed by atoms with E-state index >= 15 is 0 Å². The van der Waals surface area contributed by atoms with Crippen molar-refractivity contribution in [2.24, 2.45) is 0 Å². The first kappa shape index (κ1) is 24.9. The smallest absolute Gasteiger partial charge is 0.159 e. The van der Waals surface area contributed by atoms with Crippen LogP contribution < -0.4 is 5.32 Å². The van der Waals surface area contributed by atoms with E-state index < -0.39 is 0 Å². The van der Waals surface area contributed by atoms with Gasteiger partial charge in [-0.25, -0.2) is 4.98 Å². The molecule has 0 radical (unpaired) electrons. The van der Waals surface area contributed by atoms with Crippen LogP contribution in [0.2, 0.25) is 0 Å². The van der Waals surface area contributed by atoms with Crippen molar-refractivity contribution in [1.82, 2.24) is 4.98 Å². The van der Waals surface area contributed by atoms with Crippen LogP contribution in [0.15, 0.2) is 78.9 Å². The van der Waals surface area contributed by atoms with Gasteiger partial charge in [0.1, 0.15) is 11.4 Å². The van der Waals surface area contributed by atoms with E-state index in [0.29, 0.717) is 11.8 Å². The fourth-order valence-electron chi connectivity index (χ4n) is 5.33. The molecule has 3 aromatic carbocycles. The summed E-state index contributed by atoms with van der Waals surface area (Å²) in [4.78, 5) is 5.29. The molecule has 2 nitrogen and oxygen atoms in total. The molecule has 0 aliphatic rings. The van der Waals surface area contributed by atoms with Crippen LogP contribution in [0.5, 0.6) is 0 Å². The third kappa shape index (κ3) is 5.39. The van der Waals surface area contributed by atoms with Gasteiger partial charge in [0.2, 0.25) is 0 Å². The quantitative estimate of drug-likeness (QED) is 0.277. The number of benzene rings is 3. The van der Waals surface area contributed by atoms with E-state index in [9.17, 15) is 0 Å². The molecule has 2 N–H and O–H groups in total. The lowest BCUT2D eigenvalue weighted by molar-refractivity contribution is -0.609. The molecule has 0 saturated heterocycles. The number of rotatable bonds is 7. The minimum Gasteiger partial charge on any atom is -0.302 e. The zero-order valence-corrected chi connectivity index (χ0v) is 22.3. The highest BCUT2D eigenvalue weighted by molar-refractivity contribution is 5.68. The second-order valence-corrected chi connectivity index (χ2v) is 10.4. The van der Waals surface area contributed by atoms with Gasteiger partial charge in [-0.1, -0.05) is 100.0 Å². The summed E-state index contributed by atoms with van der Waals surface area (Å²) in [7, 11) is 0. The number of nitrogens with zero attached hydrogens (tertiary/aromatic N) is 1. The highest BCUT2D eigenvalue weighted by Crippen LogP contribution is 2.32. The summed E-state index contributed by atoms with van der Waals surface area (Å²) in [5, 5.41) is 2.46. The molecular weight excluding hydrogens is 424 g/mol. The average molecular weight is 464 g/mol. The molecule has 0 aliphatic carbocycles. The summed E-state index contributed by atoms with van der Waals surface area (Å²) in [6.45, 7) is 15.7. The predicted molar refractivity (Wildman–Crippen MR) is 148 cm³/mol. The molecule has 1 atom stereocenters. The first-order valence-corrected chi connectivity index (χ1v) is 12.8. The Labute approximate surface area is 211 Å². The lowest BCUT2D eigenvalue weighted by atomic mass is 9.91. The largest absolute Gasteiger partial charge is 0.302 e. The summed E-state index contributed by atoms with van der Waals surface area (Å²) in [5.41, 5.74) is 12.7. The minimum atomic E-state index is 0.0691.